The fourth-order valence-electron chi connectivity index (χ4n) is 2.59. The van der Waals surface area contributed by atoms with E-state index in [0.717, 1.165) is 37.1 Å². The van der Waals surface area contributed by atoms with Gasteiger partial charge in [-0.2, -0.15) is 0 Å². The zero-order valence-electron chi connectivity index (χ0n) is 12.9. The van der Waals surface area contributed by atoms with E-state index in [4.69, 9.17) is 4.74 Å². The molecule has 1 aromatic carbocycles. The Morgan fingerprint density at radius 2 is 1.90 bits per heavy atom. The lowest BCUT2D eigenvalue weighted by Crippen LogP contribution is -2.34. The molecule has 1 saturated heterocycles. The highest BCUT2D eigenvalue weighted by Crippen LogP contribution is 2.21. The second kappa shape index (κ2) is 7.46. The Labute approximate surface area is 126 Å². The van der Waals surface area contributed by atoms with Crippen molar-refractivity contribution in [2.75, 3.05) is 13.1 Å². The average molecular weight is 291 g/mol. The van der Waals surface area contributed by atoms with Crippen LogP contribution in [0.2, 0.25) is 0 Å². The van der Waals surface area contributed by atoms with E-state index in [1.54, 1.807) is 4.90 Å². The summed E-state index contributed by atoms with van der Waals surface area (Å²) in [5, 5.41) is 10.3. The van der Waals surface area contributed by atoms with Crippen LogP contribution in [0.3, 0.4) is 0 Å². The van der Waals surface area contributed by atoms with Crippen molar-refractivity contribution in [3.63, 3.8) is 0 Å². The molecule has 1 aliphatic heterocycles. The Hall–Kier alpha value is -1.55. The van der Waals surface area contributed by atoms with Crippen molar-refractivity contribution in [1.29, 1.82) is 0 Å². The van der Waals surface area contributed by atoms with Gasteiger partial charge in [0.05, 0.1) is 18.8 Å². The molecular formula is C17H25NO3. The first-order valence-corrected chi connectivity index (χ1v) is 7.78. The Balaban J connectivity index is 1.95. The molecule has 0 aromatic heterocycles. The molecule has 1 unspecified atom stereocenters. The maximum absolute atomic E-state index is 12.0. The van der Waals surface area contributed by atoms with Crippen LogP contribution in [0.5, 0.6) is 5.75 Å². The summed E-state index contributed by atoms with van der Waals surface area (Å²) in [6, 6.07) is 7.46. The molecule has 1 N–H and O–H groups in total. The van der Waals surface area contributed by atoms with E-state index in [0.29, 0.717) is 13.0 Å². The van der Waals surface area contributed by atoms with Crippen LogP contribution in [-0.4, -0.2) is 35.1 Å². The predicted molar refractivity (Wildman–Crippen MR) is 82.2 cm³/mol. The average Bonchev–Trinajstić information content (AvgIpc) is 2.64. The summed E-state index contributed by atoms with van der Waals surface area (Å²) in [7, 11) is 0. The molecule has 0 aliphatic carbocycles. The Morgan fingerprint density at radius 1 is 1.19 bits per heavy atom. The van der Waals surface area contributed by atoms with Crippen molar-refractivity contribution in [2.45, 2.75) is 51.7 Å². The number of hydrogen-bond acceptors (Lipinski definition) is 3. The monoisotopic (exact) mass is 291 g/mol. The summed E-state index contributed by atoms with van der Waals surface area (Å²) < 4.78 is 5.59. The molecule has 2 rings (SSSR count). The van der Waals surface area contributed by atoms with Crippen molar-refractivity contribution in [1.82, 2.24) is 4.90 Å². The number of amides is 1. The number of aliphatic hydroxyl groups is 1. The highest BCUT2D eigenvalue weighted by Gasteiger charge is 2.20. The van der Waals surface area contributed by atoms with E-state index in [-0.39, 0.29) is 12.0 Å². The molecule has 1 aromatic rings. The van der Waals surface area contributed by atoms with Gasteiger partial charge in [-0.1, -0.05) is 18.6 Å². The van der Waals surface area contributed by atoms with Crippen LogP contribution in [0.1, 0.15) is 51.2 Å². The number of ether oxygens (including phenoxy) is 1. The van der Waals surface area contributed by atoms with Crippen LogP contribution in [0.15, 0.2) is 24.3 Å². The van der Waals surface area contributed by atoms with Crippen LogP contribution < -0.4 is 4.74 Å². The van der Waals surface area contributed by atoms with E-state index < -0.39 is 6.10 Å². The van der Waals surface area contributed by atoms with E-state index in [9.17, 15) is 9.90 Å². The summed E-state index contributed by atoms with van der Waals surface area (Å²) in [5.74, 6) is 0.957. The number of hydrogen-bond donors (Lipinski definition) is 1. The van der Waals surface area contributed by atoms with Gasteiger partial charge in [0.15, 0.2) is 0 Å². The summed E-state index contributed by atoms with van der Waals surface area (Å²) in [4.78, 5) is 13.7. The smallest absolute Gasteiger partial charge is 0.222 e. The van der Waals surface area contributed by atoms with E-state index in [1.807, 2.05) is 38.1 Å². The standard InChI is InChI=1S/C17H25NO3/c1-13(2)21-15-9-7-14(8-10-15)16(19)12-18-11-5-3-4-6-17(18)20/h7-10,13,16,19H,3-6,11-12H2,1-2H3. The fraction of sp³-hybridized carbons (Fsp3) is 0.588. The molecule has 4 nitrogen and oxygen atoms in total. The second-order valence-electron chi connectivity index (χ2n) is 5.90. The third-order valence-corrected chi connectivity index (χ3v) is 3.70. The van der Waals surface area contributed by atoms with Gasteiger partial charge < -0.3 is 14.7 Å². The topological polar surface area (TPSA) is 49.8 Å². The van der Waals surface area contributed by atoms with Crippen molar-refractivity contribution in [3.05, 3.63) is 29.8 Å². The number of carbonyl (C=O) groups is 1. The summed E-state index contributed by atoms with van der Waals surface area (Å²) in [6.07, 6.45) is 3.19. The van der Waals surface area contributed by atoms with Crippen molar-refractivity contribution in [3.8, 4) is 5.75 Å². The number of aliphatic hydroxyl groups excluding tert-OH is 1. The Kier molecular flexibility index (Phi) is 5.62. The van der Waals surface area contributed by atoms with Crippen LogP contribution in [0.25, 0.3) is 0 Å². The highest BCUT2D eigenvalue weighted by molar-refractivity contribution is 5.76. The van der Waals surface area contributed by atoms with E-state index in [1.165, 1.54) is 0 Å². The van der Waals surface area contributed by atoms with Gasteiger partial charge in [0.2, 0.25) is 5.91 Å². The molecule has 0 radical (unpaired) electrons. The number of benzene rings is 1. The minimum Gasteiger partial charge on any atom is -0.491 e. The fourth-order valence-corrected chi connectivity index (χ4v) is 2.59. The van der Waals surface area contributed by atoms with Gasteiger partial charge in [-0.05, 0) is 44.4 Å². The minimum absolute atomic E-state index is 0.135. The summed E-state index contributed by atoms with van der Waals surface area (Å²) in [6.45, 7) is 5.09. The molecule has 1 aliphatic rings. The number of β-amino-alcohol motifs (C(OH)–C–C–N with tert-alkyl or cyclic N) is 1. The predicted octanol–water partition coefficient (Wildman–Crippen LogP) is 2.91. The molecule has 0 saturated carbocycles. The molecule has 21 heavy (non-hydrogen) atoms. The first-order chi connectivity index (χ1) is 10.1. The number of rotatable bonds is 5. The first kappa shape index (κ1) is 15.8. The molecule has 1 amide bonds. The van der Waals surface area contributed by atoms with Gasteiger partial charge in [0.25, 0.3) is 0 Å². The normalized spacial score (nSPS) is 17.7. The van der Waals surface area contributed by atoms with Crippen LogP contribution in [-0.2, 0) is 4.79 Å². The molecule has 116 valence electrons. The zero-order chi connectivity index (χ0) is 15.2. The van der Waals surface area contributed by atoms with Gasteiger partial charge in [-0.15, -0.1) is 0 Å². The zero-order valence-corrected chi connectivity index (χ0v) is 12.9. The van der Waals surface area contributed by atoms with Crippen molar-refractivity contribution >= 4 is 5.91 Å². The third-order valence-electron chi connectivity index (χ3n) is 3.70. The maximum atomic E-state index is 12.0. The lowest BCUT2D eigenvalue weighted by Gasteiger charge is -2.24. The van der Waals surface area contributed by atoms with Gasteiger partial charge >= 0.3 is 0 Å². The van der Waals surface area contributed by atoms with Gasteiger partial charge in [0, 0.05) is 13.0 Å². The Bertz CT molecular complexity index is 456. The van der Waals surface area contributed by atoms with Crippen molar-refractivity contribution in [2.24, 2.45) is 0 Å². The van der Waals surface area contributed by atoms with Crippen LogP contribution in [0, 0.1) is 0 Å². The summed E-state index contributed by atoms with van der Waals surface area (Å²) >= 11 is 0. The Morgan fingerprint density at radius 3 is 2.57 bits per heavy atom. The number of likely N-dealkylation sites (tertiary alicyclic amines) is 1. The van der Waals surface area contributed by atoms with Gasteiger partial charge in [0.1, 0.15) is 5.75 Å². The highest BCUT2D eigenvalue weighted by atomic mass is 16.5. The number of nitrogens with zero attached hydrogens (tertiary/aromatic N) is 1. The molecule has 0 bridgehead atoms. The molecule has 1 fully saturated rings. The second-order valence-corrected chi connectivity index (χ2v) is 5.90. The summed E-state index contributed by atoms with van der Waals surface area (Å²) in [5.41, 5.74) is 0.822. The first-order valence-electron chi connectivity index (χ1n) is 7.78. The largest absolute Gasteiger partial charge is 0.491 e. The SMILES string of the molecule is CC(C)Oc1ccc(C(O)CN2CCCCCC2=O)cc1. The van der Waals surface area contributed by atoms with E-state index in [2.05, 4.69) is 0 Å². The number of carbonyl (C=O) groups excluding carboxylic acids is 1. The van der Waals surface area contributed by atoms with Gasteiger partial charge in [-0.3, -0.25) is 4.79 Å². The molecule has 1 heterocycles. The lowest BCUT2D eigenvalue weighted by molar-refractivity contribution is -0.132. The molecule has 1 atom stereocenters. The third kappa shape index (κ3) is 4.74. The van der Waals surface area contributed by atoms with Gasteiger partial charge in [-0.25, -0.2) is 0 Å². The molecule has 0 spiro atoms. The maximum Gasteiger partial charge on any atom is 0.222 e. The minimum atomic E-state index is -0.639. The van der Waals surface area contributed by atoms with Crippen molar-refractivity contribution < 1.29 is 14.6 Å². The van der Waals surface area contributed by atoms with Crippen LogP contribution in [0.4, 0.5) is 0 Å². The molecular weight excluding hydrogens is 266 g/mol. The molecule has 4 heteroatoms. The lowest BCUT2D eigenvalue weighted by atomic mass is 10.1. The quantitative estimate of drug-likeness (QED) is 0.907. The van der Waals surface area contributed by atoms with E-state index >= 15 is 0 Å². The van der Waals surface area contributed by atoms with Crippen LogP contribution >= 0.6 is 0 Å².